The molecule has 21 heavy (non-hydrogen) atoms. The number of aromatic nitrogens is 2. The van der Waals surface area contributed by atoms with Gasteiger partial charge in [-0.1, -0.05) is 30.3 Å². The highest BCUT2D eigenvalue weighted by molar-refractivity contribution is 5.20. The highest BCUT2D eigenvalue weighted by Gasteiger charge is 2.26. The summed E-state index contributed by atoms with van der Waals surface area (Å²) in [6.45, 7) is 7.09. The second-order valence-electron chi connectivity index (χ2n) is 5.80. The van der Waals surface area contributed by atoms with Gasteiger partial charge in [-0.05, 0) is 19.4 Å². The molecule has 0 bridgehead atoms. The van der Waals surface area contributed by atoms with Crippen molar-refractivity contribution in [3.8, 4) is 0 Å². The van der Waals surface area contributed by atoms with Crippen LogP contribution >= 0.6 is 0 Å². The second-order valence-corrected chi connectivity index (χ2v) is 5.80. The van der Waals surface area contributed by atoms with Gasteiger partial charge in [0.05, 0.1) is 11.4 Å². The van der Waals surface area contributed by atoms with Crippen LogP contribution in [0.4, 0.5) is 0 Å². The van der Waals surface area contributed by atoms with E-state index in [9.17, 15) is 0 Å². The third kappa shape index (κ3) is 3.46. The number of aryl methyl sites for hydroxylation is 1. The molecule has 1 fully saturated rings. The van der Waals surface area contributed by atoms with Gasteiger partial charge in [0.1, 0.15) is 0 Å². The number of rotatable bonds is 3. The molecule has 4 heteroatoms. The summed E-state index contributed by atoms with van der Waals surface area (Å²) in [7, 11) is 0. The lowest BCUT2D eigenvalue weighted by Gasteiger charge is -2.38. The number of hydrogen-bond acceptors (Lipinski definition) is 4. The lowest BCUT2D eigenvalue weighted by Crippen LogP contribution is -2.50. The van der Waals surface area contributed by atoms with Crippen LogP contribution in [0.5, 0.6) is 0 Å². The maximum atomic E-state index is 4.48. The summed E-state index contributed by atoms with van der Waals surface area (Å²) in [6, 6.07) is 11.5. The van der Waals surface area contributed by atoms with Crippen molar-refractivity contribution in [2.75, 3.05) is 13.1 Å². The second kappa shape index (κ2) is 6.33. The SMILES string of the molecule is Cc1cnc(CN2CC(c3ccccc3)NCC2C)cn1. The van der Waals surface area contributed by atoms with Crippen LogP contribution in [0.1, 0.15) is 29.9 Å². The van der Waals surface area contributed by atoms with Crippen molar-refractivity contribution in [2.45, 2.75) is 32.5 Å². The van der Waals surface area contributed by atoms with E-state index in [2.05, 4.69) is 57.4 Å². The Hall–Kier alpha value is -1.78. The quantitative estimate of drug-likeness (QED) is 0.938. The maximum absolute atomic E-state index is 4.48. The molecule has 0 aliphatic carbocycles. The summed E-state index contributed by atoms with van der Waals surface area (Å²) >= 11 is 0. The molecule has 2 unspecified atom stereocenters. The first-order chi connectivity index (χ1) is 10.2. The first-order valence-corrected chi connectivity index (χ1v) is 7.52. The van der Waals surface area contributed by atoms with Crippen molar-refractivity contribution in [1.82, 2.24) is 20.2 Å². The van der Waals surface area contributed by atoms with Gasteiger partial charge in [0.15, 0.2) is 0 Å². The zero-order valence-corrected chi connectivity index (χ0v) is 12.7. The van der Waals surface area contributed by atoms with E-state index in [4.69, 9.17) is 0 Å². The lowest BCUT2D eigenvalue weighted by molar-refractivity contribution is 0.131. The number of nitrogens with one attached hydrogen (secondary N) is 1. The molecule has 0 spiro atoms. The van der Waals surface area contributed by atoms with Crippen molar-refractivity contribution < 1.29 is 0 Å². The van der Waals surface area contributed by atoms with Crippen molar-refractivity contribution >= 4 is 0 Å². The standard InChI is InChI=1S/C17H22N4/c1-13-8-19-16(10-18-13)11-21-12-17(20-9-14(21)2)15-6-4-3-5-7-15/h3-8,10,14,17,20H,9,11-12H2,1-2H3. The molecule has 1 aromatic heterocycles. The average molecular weight is 282 g/mol. The van der Waals surface area contributed by atoms with Crippen LogP contribution in [-0.2, 0) is 6.54 Å². The average Bonchev–Trinajstić information content (AvgIpc) is 2.52. The van der Waals surface area contributed by atoms with Crippen LogP contribution in [0, 0.1) is 6.92 Å². The smallest absolute Gasteiger partial charge is 0.0727 e. The molecule has 1 aromatic carbocycles. The molecular formula is C17H22N4. The highest BCUT2D eigenvalue weighted by Crippen LogP contribution is 2.20. The van der Waals surface area contributed by atoms with Gasteiger partial charge < -0.3 is 5.32 Å². The summed E-state index contributed by atoms with van der Waals surface area (Å²) in [6.07, 6.45) is 3.73. The first-order valence-electron chi connectivity index (χ1n) is 7.52. The summed E-state index contributed by atoms with van der Waals surface area (Å²) < 4.78 is 0. The third-order valence-electron chi connectivity index (χ3n) is 4.10. The van der Waals surface area contributed by atoms with Crippen LogP contribution in [0.3, 0.4) is 0 Å². The minimum Gasteiger partial charge on any atom is -0.307 e. The molecule has 1 saturated heterocycles. The summed E-state index contributed by atoms with van der Waals surface area (Å²) in [5.74, 6) is 0. The Morgan fingerprint density at radius 2 is 2.00 bits per heavy atom. The third-order valence-corrected chi connectivity index (χ3v) is 4.10. The molecule has 2 atom stereocenters. The van der Waals surface area contributed by atoms with Gasteiger partial charge in [-0.3, -0.25) is 14.9 Å². The molecular weight excluding hydrogens is 260 g/mol. The van der Waals surface area contributed by atoms with E-state index in [0.29, 0.717) is 12.1 Å². The van der Waals surface area contributed by atoms with Gasteiger partial charge in [-0.25, -0.2) is 0 Å². The normalized spacial score (nSPS) is 23.1. The molecule has 0 amide bonds. The fourth-order valence-electron chi connectivity index (χ4n) is 2.76. The Labute approximate surface area is 126 Å². The Morgan fingerprint density at radius 1 is 1.19 bits per heavy atom. The number of hydrogen-bond donors (Lipinski definition) is 1. The Balaban J connectivity index is 1.70. The van der Waals surface area contributed by atoms with Crippen LogP contribution in [-0.4, -0.2) is 34.0 Å². The lowest BCUT2D eigenvalue weighted by atomic mass is 10.0. The monoisotopic (exact) mass is 282 g/mol. The highest BCUT2D eigenvalue weighted by atomic mass is 15.2. The van der Waals surface area contributed by atoms with E-state index in [-0.39, 0.29) is 0 Å². The van der Waals surface area contributed by atoms with E-state index >= 15 is 0 Å². The number of piperazine rings is 1. The fourth-order valence-corrected chi connectivity index (χ4v) is 2.76. The Kier molecular flexibility index (Phi) is 4.27. The minimum atomic E-state index is 0.390. The number of nitrogens with zero attached hydrogens (tertiary/aromatic N) is 3. The molecule has 1 N–H and O–H groups in total. The fraction of sp³-hybridized carbons (Fsp3) is 0.412. The van der Waals surface area contributed by atoms with E-state index in [1.807, 2.05) is 19.3 Å². The van der Waals surface area contributed by atoms with Crippen molar-refractivity contribution in [1.29, 1.82) is 0 Å². The molecule has 0 radical (unpaired) electrons. The van der Waals surface area contributed by atoms with Crippen molar-refractivity contribution in [3.05, 3.63) is 59.7 Å². The number of benzene rings is 1. The van der Waals surface area contributed by atoms with Crippen molar-refractivity contribution in [3.63, 3.8) is 0 Å². The van der Waals surface area contributed by atoms with Gasteiger partial charge in [0.2, 0.25) is 0 Å². The van der Waals surface area contributed by atoms with Gasteiger partial charge in [-0.2, -0.15) is 0 Å². The first kappa shape index (κ1) is 14.2. The topological polar surface area (TPSA) is 41.1 Å². The van der Waals surface area contributed by atoms with E-state index in [1.54, 1.807) is 0 Å². The van der Waals surface area contributed by atoms with Crippen molar-refractivity contribution in [2.24, 2.45) is 0 Å². The van der Waals surface area contributed by atoms with Gasteiger partial charge in [0.25, 0.3) is 0 Å². The van der Waals surface area contributed by atoms with Crippen LogP contribution < -0.4 is 5.32 Å². The van der Waals surface area contributed by atoms with Crippen LogP contribution in [0.25, 0.3) is 0 Å². The molecule has 2 aromatic rings. The largest absolute Gasteiger partial charge is 0.307 e. The molecule has 2 heterocycles. The molecule has 1 aliphatic heterocycles. The van der Waals surface area contributed by atoms with E-state index in [1.165, 1.54) is 5.56 Å². The van der Waals surface area contributed by atoms with Gasteiger partial charge >= 0.3 is 0 Å². The van der Waals surface area contributed by atoms with Crippen LogP contribution in [0.15, 0.2) is 42.7 Å². The summed E-state index contributed by atoms with van der Waals surface area (Å²) in [5, 5.41) is 3.63. The molecule has 3 rings (SSSR count). The van der Waals surface area contributed by atoms with Gasteiger partial charge in [0, 0.05) is 44.1 Å². The molecule has 4 nitrogen and oxygen atoms in total. The summed E-state index contributed by atoms with van der Waals surface area (Å²) in [4.78, 5) is 11.3. The Morgan fingerprint density at radius 3 is 2.71 bits per heavy atom. The van der Waals surface area contributed by atoms with Crippen LogP contribution in [0.2, 0.25) is 0 Å². The summed E-state index contributed by atoms with van der Waals surface area (Å²) in [5.41, 5.74) is 3.36. The molecule has 0 saturated carbocycles. The Bertz CT molecular complexity index is 567. The zero-order chi connectivity index (χ0) is 14.7. The van der Waals surface area contributed by atoms with E-state index < -0.39 is 0 Å². The minimum absolute atomic E-state index is 0.390. The zero-order valence-electron chi connectivity index (χ0n) is 12.7. The predicted molar refractivity (Wildman–Crippen MR) is 83.8 cm³/mol. The van der Waals surface area contributed by atoms with Gasteiger partial charge in [-0.15, -0.1) is 0 Å². The molecule has 110 valence electrons. The predicted octanol–water partition coefficient (Wildman–Crippen LogP) is 2.32. The van der Waals surface area contributed by atoms with E-state index in [0.717, 1.165) is 31.0 Å². The maximum Gasteiger partial charge on any atom is 0.0727 e. The molecule has 1 aliphatic rings.